The summed E-state index contributed by atoms with van der Waals surface area (Å²) in [5.41, 5.74) is 0.324. The summed E-state index contributed by atoms with van der Waals surface area (Å²) in [5.74, 6) is -0.141. The minimum Gasteiger partial charge on any atom is -0.477 e. The Bertz CT molecular complexity index is 665. The molecule has 0 amide bonds. The summed E-state index contributed by atoms with van der Waals surface area (Å²) in [5, 5.41) is 4.09. The third-order valence-corrected chi connectivity index (χ3v) is 3.32. The Morgan fingerprint density at radius 3 is 2.86 bits per heavy atom. The SMILES string of the molecule is COC(=O)c1cc(OCC2CC2)n(-c2ccccc2F)n1. The topological polar surface area (TPSA) is 53.4 Å². The first-order valence-electron chi connectivity index (χ1n) is 6.75. The molecular weight excluding hydrogens is 275 g/mol. The van der Waals surface area contributed by atoms with Crippen LogP contribution in [-0.2, 0) is 4.74 Å². The first-order chi connectivity index (χ1) is 10.2. The Morgan fingerprint density at radius 1 is 1.43 bits per heavy atom. The van der Waals surface area contributed by atoms with Gasteiger partial charge in [-0.05, 0) is 30.9 Å². The molecule has 1 heterocycles. The molecule has 21 heavy (non-hydrogen) atoms. The number of halogens is 1. The quantitative estimate of drug-likeness (QED) is 0.794. The first-order valence-corrected chi connectivity index (χ1v) is 6.75. The van der Waals surface area contributed by atoms with E-state index in [2.05, 4.69) is 9.84 Å². The molecule has 6 heteroatoms. The highest BCUT2D eigenvalue weighted by Gasteiger charge is 2.24. The van der Waals surface area contributed by atoms with Gasteiger partial charge in [-0.15, -0.1) is 0 Å². The summed E-state index contributed by atoms with van der Waals surface area (Å²) in [7, 11) is 1.27. The molecule has 0 N–H and O–H groups in total. The molecule has 0 spiro atoms. The zero-order chi connectivity index (χ0) is 14.8. The van der Waals surface area contributed by atoms with Crippen molar-refractivity contribution in [2.24, 2.45) is 5.92 Å². The van der Waals surface area contributed by atoms with Gasteiger partial charge in [0.1, 0.15) is 11.5 Å². The second-order valence-electron chi connectivity index (χ2n) is 4.98. The highest BCUT2D eigenvalue weighted by molar-refractivity contribution is 5.87. The van der Waals surface area contributed by atoms with Crippen LogP contribution >= 0.6 is 0 Å². The van der Waals surface area contributed by atoms with E-state index in [1.54, 1.807) is 18.2 Å². The van der Waals surface area contributed by atoms with Crippen LogP contribution in [0.25, 0.3) is 5.69 Å². The summed E-state index contributed by atoms with van der Waals surface area (Å²) in [6, 6.07) is 7.67. The molecule has 0 bridgehead atoms. The van der Waals surface area contributed by atoms with E-state index in [9.17, 15) is 9.18 Å². The van der Waals surface area contributed by atoms with Gasteiger partial charge >= 0.3 is 5.97 Å². The number of carbonyl (C=O) groups excluding carboxylic acids is 1. The van der Waals surface area contributed by atoms with Crippen molar-refractivity contribution in [3.05, 3.63) is 41.8 Å². The number of aromatic nitrogens is 2. The number of hydrogen-bond donors (Lipinski definition) is 0. The van der Waals surface area contributed by atoms with Gasteiger partial charge in [-0.25, -0.2) is 9.18 Å². The maximum Gasteiger partial charge on any atom is 0.358 e. The molecule has 1 fully saturated rings. The summed E-state index contributed by atoms with van der Waals surface area (Å²) in [6.45, 7) is 0.542. The van der Waals surface area contributed by atoms with Crippen molar-refractivity contribution < 1.29 is 18.7 Å². The lowest BCUT2D eigenvalue weighted by Crippen LogP contribution is -2.07. The van der Waals surface area contributed by atoms with E-state index >= 15 is 0 Å². The zero-order valence-electron chi connectivity index (χ0n) is 11.6. The van der Waals surface area contributed by atoms with Gasteiger partial charge in [0, 0.05) is 6.07 Å². The minimum absolute atomic E-state index is 0.0894. The van der Waals surface area contributed by atoms with E-state index in [4.69, 9.17) is 4.74 Å². The number of rotatable bonds is 5. The standard InChI is InChI=1S/C15H15FN2O3/c1-20-15(19)12-8-14(21-9-10-6-7-10)18(17-12)13-5-3-2-4-11(13)16/h2-5,8,10H,6-7,9H2,1H3. The van der Waals surface area contributed by atoms with Gasteiger partial charge < -0.3 is 9.47 Å². The van der Waals surface area contributed by atoms with Gasteiger partial charge in [0.25, 0.3) is 0 Å². The Balaban J connectivity index is 1.97. The van der Waals surface area contributed by atoms with Gasteiger partial charge in [-0.3, -0.25) is 0 Å². The lowest BCUT2D eigenvalue weighted by Gasteiger charge is -2.09. The molecule has 0 atom stereocenters. The van der Waals surface area contributed by atoms with Crippen LogP contribution in [0.4, 0.5) is 4.39 Å². The molecule has 5 nitrogen and oxygen atoms in total. The first kappa shape index (κ1) is 13.6. The van der Waals surface area contributed by atoms with Crippen LogP contribution in [0.2, 0.25) is 0 Å². The number of esters is 1. The second-order valence-corrected chi connectivity index (χ2v) is 4.98. The van der Waals surface area contributed by atoms with Crippen molar-refractivity contribution >= 4 is 5.97 Å². The van der Waals surface area contributed by atoms with Gasteiger partial charge in [0.05, 0.1) is 13.7 Å². The van der Waals surface area contributed by atoms with E-state index in [0.717, 1.165) is 12.8 Å². The number of nitrogens with zero attached hydrogens (tertiary/aromatic N) is 2. The molecule has 110 valence electrons. The average Bonchev–Trinajstić information content (AvgIpc) is 3.23. The third kappa shape index (κ3) is 2.89. The Kier molecular flexibility index (Phi) is 3.60. The normalized spacial score (nSPS) is 14.0. The van der Waals surface area contributed by atoms with Crippen LogP contribution in [0.1, 0.15) is 23.3 Å². The molecule has 1 saturated carbocycles. The van der Waals surface area contributed by atoms with E-state index < -0.39 is 11.8 Å². The van der Waals surface area contributed by atoms with Gasteiger partial charge in [-0.1, -0.05) is 12.1 Å². The molecule has 1 aromatic carbocycles. The molecule has 0 unspecified atom stereocenters. The van der Waals surface area contributed by atoms with E-state index in [1.807, 2.05) is 0 Å². The molecule has 0 radical (unpaired) electrons. The Hall–Kier alpha value is -2.37. The predicted octanol–water partition coefficient (Wildman–Crippen LogP) is 2.59. The van der Waals surface area contributed by atoms with Crippen LogP contribution in [0.15, 0.2) is 30.3 Å². The number of carbonyl (C=O) groups is 1. The fourth-order valence-corrected chi connectivity index (χ4v) is 1.95. The van der Waals surface area contributed by atoms with Crippen LogP contribution in [0.3, 0.4) is 0 Å². The lowest BCUT2D eigenvalue weighted by molar-refractivity contribution is 0.0593. The van der Waals surface area contributed by atoms with E-state index in [1.165, 1.54) is 23.9 Å². The van der Waals surface area contributed by atoms with Crippen molar-refractivity contribution in [2.75, 3.05) is 13.7 Å². The molecule has 0 aliphatic heterocycles. The van der Waals surface area contributed by atoms with Crippen molar-refractivity contribution in [3.8, 4) is 11.6 Å². The smallest absolute Gasteiger partial charge is 0.358 e. The molecule has 1 aromatic heterocycles. The number of hydrogen-bond acceptors (Lipinski definition) is 4. The van der Waals surface area contributed by atoms with Crippen molar-refractivity contribution in [1.82, 2.24) is 9.78 Å². The van der Waals surface area contributed by atoms with Crippen LogP contribution in [-0.4, -0.2) is 29.5 Å². The minimum atomic E-state index is -0.582. The largest absolute Gasteiger partial charge is 0.477 e. The molecule has 3 rings (SSSR count). The molecule has 1 aliphatic rings. The lowest BCUT2D eigenvalue weighted by atomic mass is 10.3. The molecule has 1 aliphatic carbocycles. The maximum absolute atomic E-state index is 13.9. The average molecular weight is 290 g/mol. The monoisotopic (exact) mass is 290 g/mol. The summed E-state index contributed by atoms with van der Waals surface area (Å²) >= 11 is 0. The van der Waals surface area contributed by atoms with Crippen LogP contribution in [0.5, 0.6) is 5.88 Å². The number of ether oxygens (including phenoxy) is 2. The zero-order valence-corrected chi connectivity index (χ0v) is 11.6. The number of benzene rings is 1. The molecule has 0 saturated heterocycles. The fourth-order valence-electron chi connectivity index (χ4n) is 1.95. The highest BCUT2D eigenvalue weighted by Crippen LogP contribution is 2.30. The van der Waals surface area contributed by atoms with Gasteiger partial charge in [-0.2, -0.15) is 9.78 Å². The number of para-hydroxylation sites is 1. The summed E-state index contributed by atoms with van der Waals surface area (Å²) < 4.78 is 25.5. The van der Waals surface area contributed by atoms with Gasteiger partial charge in [0.15, 0.2) is 5.69 Å². The third-order valence-electron chi connectivity index (χ3n) is 3.32. The molecular formula is C15H15FN2O3. The Labute approximate surface area is 121 Å². The van der Waals surface area contributed by atoms with Gasteiger partial charge in [0.2, 0.25) is 5.88 Å². The van der Waals surface area contributed by atoms with Crippen molar-refractivity contribution in [1.29, 1.82) is 0 Å². The highest BCUT2D eigenvalue weighted by atomic mass is 19.1. The summed E-state index contributed by atoms with van der Waals surface area (Å²) in [4.78, 5) is 11.6. The number of methoxy groups -OCH3 is 1. The van der Waals surface area contributed by atoms with Crippen LogP contribution in [0, 0.1) is 11.7 Å². The fraction of sp³-hybridized carbons (Fsp3) is 0.333. The van der Waals surface area contributed by atoms with Crippen molar-refractivity contribution in [3.63, 3.8) is 0 Å². The summed E-state index contributed by atoms with van der Waals surface area (Å²) in [6.07, 6.45) is 2.27. The van der Waals surface area contributed by atoms with Crippen LogP contribution < -0.4 is 4.74 Å². The second kappa shape index (κ2) is 5.55. The van der Waals surface area contributed by atoms with E-state index in [0.29, 0.717) is 18.4 Å². The van der Waals surface area contributed by atoms with Crippen molar-refractivity contribution in [2.45, 2.75) is 12.8 Å². The maximum atomic E-state index is 13.9. The predicted molar refractivity (Wildman–Crippen MR) is 73.1 cm³/mol. The van der Waals surface area contributed by atoms with E-state index in [-0.39, 0.29) is 11.4 Å². The Morgan fingerprint density at radius 2 is 2.19 bits per heavy atom. The molecule has 2 aromatic rings.